The molecule has 5 heteroatoms. The number of benzene rings is 1. The number of nitrogens with two attached hydrogens (primary N) is 1. The van der Waals surface area contributed by atoms with E-state index in [-0.39, 0.29) is 5.75 Å². The first-order valence-electron chi connectivity index (χ1n) is 4.50. The lowest BCUT2D eigenvalue weighted by Crippen LogP contribution is -2.19. The summed E-state index contributed by atoms with van der Waals surface area (Å²) in [4.78, 5) is 0. The van der Waals surface area contributed by atoms with E-state index in [9.17, 15) is 13.2 Å². The fourth-order valence-electron chi connectivity index (χ4n) is 1.08. The third-order valence-electron chi connectivity index (χ3n) is 1.76. The molecule has 0 saturated carbocycles. The van der Waals surface area contributed by atoms with Crippen LogP contribution >= 0.6 is 0 Å². The van der Waals surface area contributed by atoms with Crippen LogP contribution < -0.4 is 10.5 Å². The van der Waals surface area contributed by atoms with Crippen molar-refractivity contribution in [2.45, 2.75) is 12.6 Å². The second-order valence-electron chi connectivity index (χ2n) is 3.09. The lowest BCUT2D eigenvalue weighted by Gasteiger charge is -2.09. The first-order chi connectivity index (χ1) is 7.01. The Bertz CT molecular complexity index is 295. The summed E-state index contributed by atoms with van der Waals surface area (Å²) in [6.45, 7) is -0.744. The molecule has 15 heavy (non-hydrogen) atoms. The second kappa shape index (κ2) is 5.02. The summed E-state index contributed by atoms with van der Waals surface area (Å²) in [6, 6.07) is 6.44. The molecule has 0 aliphatic heterocycles. The fourth-order valence-corrected chi connectivity index (χ4v) is 1.08. The summed E-state index contributed by atoms with van der Waals surface area (Å²) < 4.78 is 39.9. The quantitative estimate of drug-likeness (QED) is 0.841. The van der Waals surface area contributed by atoms with Gasteiger partial charge in [-0.1, -0.05) is 12.1 Å². The topological polar surface area (TPSA) is 35.2 Å². The van der Waals surface area contributed by atoms with Crippen LogP contribution in [0.1, 0.15) is 5.56 Å². The Labute approximate surface area is 85.8 Å². The highest BCUT2D eigenvalue weighted by atomic mass is 19.4. The van der Waals surface area contributed by atoms with Crippen LogP contribution in [-0.4, -0.2) is 19.3 Å². The monoisotopic (exact) mass is 219 g/mol. The standard InChI is InChI=1S/C10H12F3NO/c11-10(12,13)7-15-9-3-1-8(2-4-9)5-6-14/h1-4H,5-7,14H2. The summed E-state index contributed by atoms with van der Waals surface area (Å²) >= 11 is 0. The Morgan fingerprint density at radius 2 is 1.73 bits per heavy atom. The van der Waals surface area contributed by atoms with Gasteiger partial charge in [0.2, 0.25) is 0 Å². The first kappa shape index (κ1) is 11.8. The number of rotatable bonds is 4. The molecule has 0 aliphatic rings. The van der Waals surface area contributed by atoms with Crippen LogP contribution in [0.3, 0.4) is 0 Å². The van der Waals surface area contributed by atoms with Gasteiger partial charge in [-0.05, 0) is 30.7 Å². The van der Waals surface area contributed by atoms with E-state index in [4.69, 9.17) is 5.73 Å². The highest BCUT2D eigenvalue weighted by Gasteiger charge is 2.28. The van der Waals surface area contributed by atoms with Gasteiger partial charge in [0, 0.05) is 0 Å². The van der Waals surface area contributed by atoms with Gasteiger partial charge in [-0.2, -0.15) is 13.2 Å². The zero-order chi connectivity index (χ0) is 11.3. The van der Waals surface area contributed by atoms with Gasteiger partial charge in [0.25, 0.3) is 0 Å². The molecule has 84 valence electrons. The normalized spacial score (nSPS) is 11.5. The van der Waals surface area contributed by atoms with Crippen molar-refractivity contribution in [1.29, 1.82) is 0 Å². The Balaban J connectivity index is 2.50. The van der Waals surface area contributed by atoms with Gasteiger partial charge in [-0.15, -0.1) is 0 Å². The van der Waals surface area contributed by atoms with Crippen molar-refractivity contribution in [1.82, 2.24) is 0 Å². The molecule has 1 aromatic rings. The molecule has 0 bridgehead atoms. The number of alkyl halides is 3. The maximum Gasteiger partial charge on any atom is 0.422 e. The van der Waals surface area contributed by atoms with Crippen LogP contribution in [0.2, 0.25) is 0 Å². The Hall–Kier alpha value is -1.23. The smallest absolute Gasteiger partial charge is 0.422 e. The maximum absolute atomic E-state index is 11.8. The highest BCUT2D eigenvalue weighted by Crippen LogP contribution is 2.18. The van der Waals surface area contributed by atoms with Crippen molar-refractivity contribution in [2.75, 3.05) is 13.2 Å². The van der Waals surface area contributed by atoms with Crippen LogP contribution in [0, 0.1) is 0 Å². The number of halogens is 3. The van der Waals surface area contributed by atoms with Crippen LogP contribution in [0.4, 0.5) is 13.2 Å². The van der Waals surface area contributed by atoms with E-state index in [0.29, 0.717) is 13.0 Å². The zero-order valence-corrected chi connectivity index (χ0v) is 8.05. The van der Waals surface area contributed by atoms with E-state index in [0.717, 1.165) is 5.56 Å². The molecule has 0 saturated heterocycles. The molecule has 2 N–H and O–H groups in total. The van der Waals surface area contributed by atoms with Gasteiger partial charge in [-0.3, -0.25) is 0 Å². The van der Waals surface area contributed by atoms with Gasteiger partial charge in [0.1, 0.15) is 5.75 Å². The molecular formula is C10H12F3NO. The van der Waals surface area contributed by atoms with E-state index in [1.807, 2.05) is 0 Å². The molecule has 0 spiro atoms. The van der Waals surface area contributed by atoms with Crippen molar-refractivity contribution < 1.29 is 17.9 Å². The third kappa shape index (κ3) is 4.69. The van der Waals surface area contributed by atoms with Crippen LogP contribution in [0.5, 0.6) is 5.75 Å². The largest absolute Gasteiger partial charge is 0.484 e. The van der Waals surface area contributed by atoms with E-state index in [1.165, 1.54) is 12.1 Å². The highest BCUT2D eigenvalue weighted by molar-refractivity contribution is 5.27. The van der Waals surface area contributed by atoms with E-state index in [1.54, 1.807) is 12.1 Å². The van der Waals surface area contributed by atoms with Crippen molar-refractivity contribution >= 4 is 0 Å². The first-order valence-corrected chi connectivity index (χ1v) is 4.50. The van der Waals surface area contributed by atoms with Gasteiger partial charge >= 0.3 is 6.18 Å². The average molecular weight is 219 g/mol. The summed E-state index contributed by atoms with van der Waals surface area (Å²) in [5, 5.41) is 0. The lowest BCUT2D eigenvalue weighted by atomic mass is 10.1. The third-order valence-corrected chi connectivity index (χ3v) is 1.76. The zero-order valence-electron chi connectivity index (χ0n) is 8.05. The molecule has 0 aliphatic carbocycles. The van der Waals surface area contributed by atoms with Crippen molar-refractivity contribution in [3.63, 3.8) is 0 Å². The van der Waals surface area contributed by atoms with E-state index < -0.39 is 12.8 Å². The van der Waals surface area contributed by atoms with Gasteiger partial charge in [-0.25, -0.2) is 0 Å². The predicted molar refractivity (Wildman–Crippen MR) is 50.8 cm³/mol. The SMILES string of the molecule is NCCc1ccc(OCC(F)(F)F)cc1. The van der Waals surface area contributed by atoms with Crippen molar-refractivity contribution in [3.8, 4) is 5.75 Å². The fraction of sp³-hybridized carbons (Fsp3) is 0.400. The molecule has 1 aromatic carbocycles. The lowest BCUT2D eigenvalue weighted by molar-refractivity contribution is -0.153. The molecule has 0 aromatic heterocycles. The van der Waals surface area contributed by atoms with Gasteiger partial charge < -0.3 is 10.5 Å². The van der Waals surface area contributed by atoms with Crippen LogP contribution in [0.15, 0.2) is 24.3 Å². The molecule has 0 atom stereocenters. The van der Waals surface area contributed by atoms with Crippen LogP contribution in [0.25, 0.3) is 0 Å². The summed E-state index contributed by atoms with van der Waals surface area (Å²) in [7, 11) is 0. The molecule has 0 heterocycles. The van der Waals surface area contributed by atoms with Gasteiger partial charge in [0.05, 0.1) is 0 Å². The molecule has 0 unspecified atom stereocenters. The molecule has 0 radical (unpaired) electrons. The molecule has 1 rings (SSSR count). The Kier molecular flexibility index (Phi) is 3.96. The van der Waals surface area contributed by atoms with Gasteiger partial charge in [0.15, 0.2) is 6.61 Å². The van der Waals surface area contributed by atoms with Crippen LogP contribution in [-0.2, 0) is 6.42 Å². The van der Waals surface area contributed by atoms with E-state index in [2.05, 4.69) is 4.74 Å². The minimum absolute atomic E-state index is 0.216. The minimum Gasteiger partial charge on any atom is -0.484 e. The van der Waals surface area contributed by atoms with E-state index >= 15 is 0 Å². The van der Waals surface area contributed by atoms with Crippen molar-refractivity contribution in [2.24, 2.45) is 5.73 Å². The summed E-state index contributed by atoms with van der Waals surface area (Å²) in [6.07, 6.45) is -3.59. The second-order valence-corrected chi connectivity index (χ2v) is 3.09. The average Bonchev–Trinajstić information content (AvgIpc) is 2.16. The number of ether oxygens (including phenoxy) is 1. The maximum atomic E-state index is 11.8. The minimum atomic E-state index is -4.30. The summed E-state index contributed by atoms with van der Waals surface area (Å²) in [5.74, 6) is 0.216. The predicted octanol–water partition coefficient (Wildman–Crippen LogP) is 2.13. The summed E-state index contributed by atoms with van der Waals surface area (Å²) in [5.41, 5.74) is 6.32. The number of hydrogen-bond donors (Lipinski definition) is 1. The molecule has 0 fully saturated rings. The number of hydrogen-bond acceptors (Lipinski definition) is 2. The Morgan fingerprint density at radius 3 is 2.20 bits per heavy atom. The molecular weight excluding hydrogens is 207 g/mol. The molecule has 0 amide bonds. The molecule has 2 nitrogen and oxygen atoms in total. The Morgan fingerprint density at radius 1 is 1.13 bits per heavy atom. The van der Waals surface area contributed by atoms with Crippen molar-refractivity contribution in [3.05, 3.63) is 29.8 Å².